The molecule has 0 aliphatic carbocycles. The molecule has 20 heavy (non-hydrogen) atoms. The topological polar surface area (TPSA) is 59.1 Å². The molecule has 8 heteroatoms. The highest BCUT2D eigenvalue weighted by Gasteiger charge is 2.15. The highest BCUT2D eigenvalue weighted by Crippen LogP contribution is 2.30. The fourth-order valence-electron chi connectivity index (χ4n) is 1.68. The Kier molecular flexibility index (Phi) is 3.72. The Hall–Kier alpha value is -1.09. The number of thioether (sulfide) groups is 1. The first-order valence-electron chi connectivity index (χ1n) is 5.59. The van der Waals surface area contributed by atoms with Crippen molar-refractivity contribution in [2.45, 2.75) is 8.55 Å². The molecule has 2 heterocycles. The molecule has 3 rings (SSSR count). The van der Waals surface area contributed by atoms with Crippen molar-refractivity contribution in [3.63, 3.8) is 0 Å². The van der Waals surface area contributed by atoms with Gasteiger partial charge >= 0.3 is 0 Å². The number of nitrogens with zero attached hydrogens (tertiary/aromatic N) is 1. The quantitative estimate of drug-likeness (QED) is 0.731. The Morgan fingerprint density at radius 2 is 2.15 bits per heavy atom. The van der Waals surface area contributed by atoms with Gasteiger partial charge in [0, 0.05) is 0 Å². The van der Waals surface area contributed by atoms with Crippen molar-refractivity contribution in [1.82, 2.24) is 4.98 Å². The van der Waals surface area contributed by atoms with E-state index in [0.29, 0.717) is 9.90 Å². The lowest BCUT2D eigenvalue weighted by Gasteiger charge is -2.05. The molecule has 3 aromatic rings. The minimum Gasteiger partial charge on any atom is -0.279 e. The Morgan fingerprint density at radius 3 is 2.85 bits per heavy atom. The molecular formula is C12H10N2O2S4. The number of thiophene rings is 1. The highest BCUT2D eigenvalue weighted by molar-refractivity contribution is 8.00. The van der Waals surface area contributed by atoms with E-state index >= 15 is 0 Å². The first-order valence-corrected chi connectivity index (χ1v) is 10.00. The molecule has 0 spiro atoms. The molecule has 4 nitrogen and oxygen atoms in total. The number of thiazole rings is 1. The predicted molar refractivity (Wildman–Crippen MR) is 86.5 cm³/mol. The van der Waals surface area contributed by atoms with Crippen molar-refractivity contribution >= 4 is 60.4 Å². The zero-order valence-corrected chi connectivity index (χ0v) is 13.6. The smallest absolute Gasteiger partial charge is 0.271 e. The molecule has 0 radical (unpaired) electrons. The molecule has 1 aromatic carbocycles. The standard InChI is InChI=1S/C12H10N2O2S4/c1-17-12-13-9-5-4-8(7-10(9)19-12)14-20(15,16)11-3-2-6-18-11/h2-7,14H,1H3. The number of anilines is 1. The summed E-state index contributed by atoms with van der Waals surface area (Å²) in [5.41, 5.74) is 1.45. The van der Waals surface area contributed by atoms with Crippen molar-refractivity contribution < 1.29 is 8.42 Å². The van der Waals surface area contributed by atoms with Gasteiger partial charge in [-0.3, -0.25) is 4.72 Å². The van der Waals surface area contributed by atoms with Crippen LogP contribution in [0.15, 0.2) is 44.3 Å². The van der Waals surface area contributed by atoms with Crippen molar-refractivity contribution in [2.75, 3.05) is 11.0 Å². The van der Waals surface area contributed by atoms with Crippen LogP contribution >= 0.6 is 34.4 Å². The van der Waals surface area contributed by atoms with Crippen LogP contribution < -0.4 is 4.72 Å². The van der Waals surface area contributed by atoms with Crippen LogP contribution in [0.3, 0.4) is 0 Å². The van der Waals surface area contributed by atoms with Crippen LogP contribution in [-0.4, -0.2) is 19.7 Å². The molecule has 0 aliphatic rings. The van der Waals surface area contributed by atoms with E-state index in [1.54, 1.807) is 46.7 Å². The number of sulfonamides is 1. The molecule has 2 aromatic heterocycles. The summed E-state index contributed by atoms with van der Waals surface area (Å²) in [5.74, 6) is 0. The van der Waals surface area contributed by atoms with Gasteiger partial charge < -0.3 is 0 Å². The number of aromatic nitrogens is 1. The van der Waals surface area contributed by atoms with Gasteiger partial charge in [-0.2, -0.15) is 0 Å². The van der Waals surface area contributed by atoms with Gasteiger partial charge in [-0.1, -0.05) is 17.8 Å². The van der Waals surface area contributed by atoms with Gasteiger partial charge in [0.15, 0.2) is 4.34 Å². The Morgan fingerprint density at radius 1 is 1.30 bits per heavy atom. The molecule has 0 saturated carbocycles. The summed E-state index contributed by atoms with van der Waals surface area (Å²) in [6.45, 7) is 0. The van der Waals surface area contributed by atoms with E-state index in [-0.39, 0.29) is 0 Å². The zero-order valence-electron chi connectivity index (χ0n) is 10.4. The number of rotatable bonds is 4. The van der Waals surface area contributed by atoms with E-state index in [9.17, 15) is 8.42 Å². The second-order valence-electron chi connectivity index (χ2n) is 3.90. The van der Waals surface area contributed by atoms with E-state index in [1.165, 1.54) is 11.3 Å². The number of fused-ring (bicyclic) bond motifs is 1. The molecule has 104 valence electrons. The van der Waals surface area contributed by atoms with E-state index in [4.69, 9.17) is 0 Å². The maximum atomic E-state index is 12.1. The Balaban J connectivity index is 1.95. The van der Waals surface area contributed by atoms with Gasteiger partial charge in [0.25, 0.3) is 10.0 Å². The molecule has 1 N–H and O–H groups in total. The lowest BCUT2D eigenvalue weighted by atomic mass is 10.3. The van der Waals surface area contributed by atoms with E-state index in [0.717, 1.165) is 14.6 Å². The largest absolute Gasteiger partial charge is 0.279 e. The van der Waals surface area contributed by atoms with Gasteiger partial charge in [-0.05, 0) is 35.9 Å². The van der Waals surface area contributed by atoms with Gasteiger partial charge in [0.1, 0.15) is 4.21 Å². The lowest BCUT2D eigenvalue weighted by molar-refractivity contribution is 0.603. The molecule has 0 saturated heterocycles. The number of nitrogens with one attached hydrogen (secondary N) is 1. The van der Waals surface area contributed by atoms with Crippen molar-refractivity contribution in [1.29, 1.82) is 0 Å². The Labute approximate surface area is 128 Å². The van der Waals surface area contributed by atoms with Crippen LogP contribution in [0, 0.1) is 0 Å². The molecular weight excluding hydrogens is 332 g/mol. The van der Waals surface area contributed by atoms with Gasteiger partial charge in [0.2, 0.25) is 0 Å². The SMILES string of the molecule is CSc1nc2ccc(NS(=O)(=O)c3cccs3)cc2s1. The third-order valence-electron chi connectivity index (χ3n) is 2.56. The van der Waals surface area contributed by atoms with E-state index in [1.807, 2.05) is 18.4 Å². The fraction of sp³-hybridized carbons (Fsp3) is 0.0833. The normalized spacial score (nSPS) is 11.8. The number of benzene rings is 1. The first kappa shape index (κ1) is 13.9. The van der Waals surface area contributed by atoms with E-state index in [2.05, 4.69) is 9.71 Å². The second kappa shape index (κ2) is 5.36. The van der Waals surface area contributed by atoms with Crippen LogP contribution in [0.25, 0.3) is 10.2 Å². The molecule has 0 aliphatic heterocycles. The zero-order chi connectivity index (χ0) is 14.2. The summed E-state index contributed by atoms with van der Waals surface area (Å²) in [6.07, 6.45) is 1.97. The van der Waals surface area contributed by atoms with Gasteiger partial charge in [0.05, 0.1) is 15.9 Å². The predicted octanol–water partition coefficient (Wildman–Crippen LogP) is 3.88. The maximum Gasteiger partial charge on any atom is 0.271 e. The number of hydrogen-bond donors (Lipinski definition) is 1. The summed E-state index contributed by atoms with van der Waals surface area (Å²) in [6, 6.07) is 8.69. The monoisotopic (exact) mass is 342 g/mol. The fourth-order valence-corrected chi connectivity index (χ4v) is 5.25. The summed E-state index contributed by atoms with van der Waals surface area (Å²) >= 11 is 4.33. The molecule has 0 fully saturated rings. The maximum absolute atomic E-state index is 12.1. The first-order chi connectivity index (χ1) is 9.58. The summed E-state index contributed by atoms with van der Waals surface area (Å²) < 4.78 is 29.1. The van der Waals surface area contributed by atoms with E-state index < -0.39 is 10.0 Å². The van der Waals surface area contributed by atoms with Gasteiger partial charge in [-0.25, -0.2) is 13.4 Å². The van der Waals surface area contributed by atoms with Crippen LogP contribution in [0.2, 0.25) is 0 Å². The van der Waals surface area contributed by atoms with Crippen LogP contribution in [0.5, 0.6) is 0 Å². The molecule has 0 bridgehead atoms. The van der Waals surface area contributed by atoms with Crippen LogP contribution in [0.1, 0.15) is 0 Å². The van der Waals surface area contributed by atoms with Crippen molar-refractivity contribution in [3.05, 3.63) is 35.7 Å². The second-order valence-corrected chi connectivity index (χ2v) is 8.84. The molecule has 0 unspecified atom stereocenters. The van der Waals surface area contributed by atoms with Crippen molar-refractivity contribution in [3.8, 4) is 0 Å². The summed E-state index contributed by atoms with van der Waals surface area (Å²) in [4.78, 5) is 4.43. The highest BCUT2D eigenvalue weighted by atomic mass is 32.2. The minimum absolute atomic E-state index is 0.312. The lowest BCUT2D eigenvalue weighted by Crippen LogP contribution is -2.11. The summed E-state index contributed by atoms with van der Waals surface area (Å²) in [5, 5.41) is 1.74. The third-order valence-corrected chi connectivity index (χ3v) is 7.34. The molecule has 0 amide bonds. The average molecular weight is 342 g/mol. The number of hydrogen-bond acceptors (Lipinski definition) is 6. The van der Waals surface area contributed by atoms with Gasteiger partial charge in [-0.15, -0.1) is 22.7 Å². The third kappa shape index (κ3) is 2.69. The van der Waals surface area contributed by atoms with Crippen LogP contribution in [0.4, 0.5) is 5.69 Å². The molecule has 0 atom stereocenters. The van der Waals surface area contributed by atoms with Crippen molar-refractivity contribution in [2.24, 2.45) is 0 Å². The minimum atomic E-state index is -3.49. The van der Waals surface area contributed by atoms with Crippen LogP contribution in [-0.2, 0) is 10.0 Å². The summed E-state index contributed by atoms with van der Waals surface area (Å²) in [7, 11) is -3.49. The Bertz CT molecular complexity index is 838. The average Bonchev–Trinajstić information content (AvgIpc) is 3.07.